The van der Waals surface area contributed by atoms with Crippen LogP contribution >= 0.6 is 0 Å². The third-order valence-corrected chi connectivity index (χ3v) is 2.77. The summed E-state index contributed by atoms with van der Waals surface area (Å²) in [6.07, 6.45) is 6.30. The van der Waals surface area contributed by atoms with Crippen LogP contribution in [-0.4, -0.2) is 9.97 Å². The molecular formula is C12H12N2. The van der Waals surface area contributed by atoms with Gasteiger partial charge >= 0.3 is 0 Å². The van der Waals surface area contributed by atoms with Gasteiger partial charge in [-0.25, -0.2) is 4.98 Å². The third-order valence-electron chi connectivity index (χ3n) is 2.77. The summed E-state index contributed by atoms with van der Waals surface area (Å²) in [5, 5.41) is 0. The van der Waals surface area contributed by atoms with E-state index >= 15 is 0 Å². The van der Waals surface area contributed by atoms with Crippen LogP contribution in [0, 0.1) is 0 Å². The number of nitrogens with zero attached hydrogens (tertiary/aromatic N) is 1. The van der Waals surface area contributed by atoms with Crippen LogP contribution < -0.4 is 0 Å². The van der Waals surface area contributed by atoms with E-state index in [1.165, 1.54) is 24.0 Å². The molecule has 2 aromatic rings. The fourth-order valence-electron chi connectivity index (χ4n) is 1.90. The second kappa shape index (κ2) is 2.98. The zero-order chi connectivity index (χ0) is 9.38. The average Bonchev–Trinajstić information content (AvgIpc) is 2.94. The molecule has 1 aliphatic carbocycles. The molecule has 0 radical (unpaired) electrons. The maximum atomic E-state index is 4.06. The smallest absolute Gasteiger partial charge is 0.0924 e. The summed E-state index contributed by atoms with van der Waals surface area (Å²) >= 11 is 0. The monoisotopic (exact) mass is 184 g/mol. The van der Waals surface area contributed by atoms with E-state index in [0.717, 1.165) is 11.6 Å². The number of aromatic amines is 1. The predicted octanol–water partition coefficient (Wildman–Crippen LogP) is 2.95. The lowest BCUT2D eigenvalue weighted by atomic mass is 10.0. The molecule has 0 bridgehead atoms. The number of rotatable bonds is 2. The molecule has 14 heavy (non-hydrogen) atoms. The van der Waals surface area contributed by atoms with Gasteiger partial charge in [0.05, 0.1) is 18.2 Å². The highest BCUT2D eigenvalue weighted by Crippen LogP contribution is 2.43. The zero-order valence-corrected chi connectivity index (χ0v) is 7.90. The third kappa shape index (κ3) is 1.23. The van der Waals surface area contributed by atoms with Gasteiger partial charge in [-0.3, -0.25) is 0 Å². The van der Waals surface area contributed by atoms with Gasteiger partial charge < -0.3 is 4.98 Å². The molecule has 1 saturated carbocycles. The van der Waals surface area contributed by atoms with Crippen molar-refractivity contribution in [3.63, 3.8) is 0 Å². The van der Waals surface area contributed by atoms with E-state index in [4.69, 9.17) is 0 Å². The quantitative estimate of drug-likeness (QED) is 0.763. The first kappa shape index (κ1) is 7.80. The van der Waals surface area contributed by atoms with Crippen molar-refractivity contribution in [2.45, 2.75) is 18.8 Å². The van der Waals surface area contributed by atoms with Crippen LogP contribution in [0.2, 0.25) is 0 Å². The van der Waals surface area contributed by atoms with E-state index in [0.29, 0.717) is 0 Å². The highest BCUT2D eigenvalue weighted by atomic mass is 14.9. The van der Waals surface area contributed by atoms with Crippen LogP contribution in [-0.2, 0) is 0 Å². The Hall–Kier alpha value is -1.57. The van der Waals surface area contributed by atoms with Gasteiger partial charge in [0.15, 0.2) is 0 Å². The molecule has 70 valence electrons. The molecule has 0 saturated heterocycles. The number of benzene rings is 1. The van der Waals surface area contributed by atoms with Crippen molar-refractivity contribution < 1.29 is 0 Å². The minimum Gasteiger partial charge on any atom is -0.345 e. The lowest BCUT2D eigenvalue weighted by Crippen LogP contribution is -1.86. The van der Waals surface area contributed by atoms with Crippen molar-refractivity contribution in [3.05, 3.63) is 42.4 Å². The normalized spacial score (nSPS) is 15.7. The van der Waals surface area contributed by atoms with Gasteiger partial charge in [-0.2, -0.15) is 0 Å². The molecule has 1 heterocycles. The van der Waals surface area contributed by atoms with Crippen LogP contribution in [0.25, 0.3) is 11.3 Å². The number of H-pyrrole nitrogens is 1. The molecule has 0 aliphatic heterocycles. The molecule has 0 atom stereocenters. The highest BCUT2D eigenvalue weighted by molar-refractivity contribution is 5.64. The number of aromatic nitrogens is 2. The van der Waals surface area contributed by atoms with E-state index in [1.807, 2.05) is 6.20 Å². The number of imidazole rings is 1. The topological polar surface area (TPSA) is 28.7 Å². The molecule has 2 heteroatoms. The molecule has 1 fully saturated rings. The largest absolute Gasteiger partial charge is 0.345 e. The lowest BCUT2D eigenvalue weighted by Gasteiger charge is -2.05. The zero-order valence-electron chi connectivity index (χ0n) is 7.90. The second-order valence-corrected chi connectivity index (χ2v) is 3.83. The summed E-state index contributed by atoms with van der Waals surface area (Å²) in [5.41, 5.74) is 3.91. The van der Waals surface area contributed by atoms with E-state index < -0.39 is 0 Å². The molecule has 0 spiro atoms. The second-order valence-electron chi connectivity index (χ2n) is 3.83. The molecule has 1 aliphatic rings. The Morgan fingerprint density at radius 3 is 2.79 bits per heavy atom. The molecule has 0 unspecified atom stereocenters. The lowest BCUT2D eigenvalue weighted by molar-refractivity contribution is 1.13. The van der Waals surface area contributed by atoms with Crippen LogP contribution in [0.1, 0.15) is 24.3 Å². The summed E-state index contributed by atoms with van der Waals surface area (Å²) in [4.78, 5) is 7.23. The SMILES string of the molecule is c1ccc(C2CC2)c(-c2cnc[nH]2)c1. The molecule has 1 aromatic carbocycles. The van der Waals surface area contributed by atoms with E-state index in [2.05, 4.69) is 34.2 Å². The summed E-state index contributed by atoms with van der Waals surface area (Å²) in [6, 6.07) is 8.60. The van der Waals surface area contributed by atoms with Gasteiger partial charge in [-0.05, 0) is 24.3 Å². The summed E-state index contributed by atoms with van der Waals surface area (Å²) in [7, 11) is 0. The first-order valence-electron chi connectivity index (χ1n) is 5.03. The minimum atomic E-state index is 0.787. The van der Waals surface area contributed by atoms with Crippen LogP contribution in [0.5, 0.6) is 0 Å². The van der Waals surface area contributed by atoms with Gasteiger partial charge in [-0.1, -0.05) is 24.3 Å². The Morgan fingerprint density at radius 1 is 1.21 bits per heavy atom. The molecule has 1 N–H and O–H groups in total. The number of nitrogens with one attached hydrogen (secondary N) is 1. The maximum absolute atomic E-state index is 4.06. The molecule has 0 amide bonds. The summed E-state index contributed by atoms with van der Waals surface area (Å²) in [5.74, 6) is 0.787. The van der Waals surface area contributed by atoms with Gasteiger partial charge in [0.1, 0.15) is 0 Å². The number of hydrogen-bond acceptors (Lipinski definition) is 1. The van der Waals surface area contributed by atoms with Crippen LogP contribution in [0.15, 0.2) is 36.8 Å². The first-order chi connectivity index (χ1) is 6.95. The average molecular weight is 184 g/mol. The number of hydrogen-bond donors (Lipinski definition) is 1. The standard InChI is InChI=1S/C12H12N2/c1-2-4-11(12-7-13-8-14-12)10(3-1)9-5-6-9/h1-4,7-9H,5-6H2,(H,13,14). The Morgan fingerprint density at radius 2 is 2.07 bits per heavy atom. The fourth-order valence-corrected chi connectivity index (χ4v) is 1.90. The molecule has 1 aromatic heterocycles. The fraction of sp³-hybridized carbons (Fsp3) is 0.250. The van der Waals surface area contributed by atoms with Crippen LogP contribution in [0.3, 0.4) is 0 Å². The van der Waals surface area contributed by atoms with Gasteiger partial charge in [0, 0.05) is 5.56 Å². The van der Waals surface area contributed by atoms with Crippen LogP contribution in [0.4, 0.5) is 0 Å². The molecule has 3 rings (SSSR count). The summed E-state index contributed by atoms with van der Waals surface area (Å²) in [6.45, 7) is 0. The van der Waals surface area contributed by atoms with Crippen molar-refractivity contribution in [3.8, 4) is 11.3 Å². The maximum Gasteiger partial charge on any atom is 0.0924 e. The van der Waals surface area contributed by atoms with Crippen molar-refractivity contribution in [2.24, 2.45) is 0 Å². The highest BCUT2D eigenvalue weighted by Gasteiger charge is 2.26. The molecule has 2 nitrogen and oxygen atoms in total. The van der Waals surface area contributed by atoms with Gasteiger partial charge in [-0.15, -0.1) is 0 Å². The first-order valence-corrected chi connectivity index (χ1v) is 5.03. The molecular weight excluding hydrogens is 172 g/mol. The Bertz CT molecular complexity index is 427. The Kier molecular flexibility index (Phi) is 1.66. The minimum absolute atomic E-state index is 0.787. The van der Waals surface area contributed by atoms with Gasteiger partial charge in [0.25, 0.3) is 0 Å². The van der Waals surface area contributed by atoms with Crippen molar-refractivity contribution >= 4 is 0 Å². The van der Waals surface area contributed by atoms with E-state index in [1.54, 1.807) is 6.33 Å². The van der Waals surface area contributed by atoms with E-state index in [9.17, 15) is 0 Å². The van der Waals surface area contributed by atoms with Crippen molar-refractivity contribution in [1.29, 1.82) is 0 Å². The summed E-state index contributed by atoms with van der Waals surface area (Å²) < 4.78 is 0. The Balaban J connectivity index is 2.12. The van der Waals surface area contributed by atoms with E-state index in [-0.39, 0.29) is 0 Å². The Labute approximate surface area is 83.0 Å². The van der Waals surface area contributed by atoms with Gasteiger partial charge in [0.2, 0.25) is 0 Å². The van der Waals surface area contributed by atoms with Crippen molar-refractivity contribution in [2.75, 3.05) is 0 Å². The van der Waals surface area contributed by atoms with Crippen molar-refractivity contribution in [1.82, 2.24) is 9.97 Å². The predicted molar refractivity (Wildman–Crippen MR) is 56.0 cm³/mol.